The molecule has 0 unspecified atom stereocenters. The minimum absolute atomic E-state index is 0.0501. The molecule has 2 aromatic heterocycles. The number of nitrogens with one attached hydrogen (secondary N) is 2. The highest BCUT2D eigenvalue weighted by Crippen LogP contribution is 2.22. The zero-order valence-electron chi connectivity index (χ0n) is 9.92. The minimum atomic E-state index is -3.69. The second-order valence-corrected chi connectivity index (χ2v) is 6.22. The molecule has 0 spiro atoms. The molecular formula is C10H11BrN4O3S. The summed E-state index contributed by atoms with van der Waals surface area (Å²) in [7, 11) is -2.08. The summed E-state index contributed by atoms with van der Waals surface area (Å²) < 4.78 is 32.0. The van der Waals surface area contributed by atoms with E-state index >= 15 is 0 Å². The van der Waals surface area contributed by atoms with E-state index < -0.39 is 10.0 Å². The van der Waals surface area contributed by atoms with E-state index in [2.05, 4.69) is 40.6 Å². The average molecular weight is 347 g/mol. The summed E-state index contributed by atoms with van der Waals surface area (Å²) in [5.41, 5.74) is 0.498. The van der Waals surface area contributed by atoms with E-state index in [4.69, 9.17) is 0 Å². The van der Waals surface area contributed by atoms with E-state index in [1.54, 1.807) is 13.1 Å². The van der Waals surface area contributed by atoms with Crippen LogP contribution in [0.15, 0.2) is 38.5 Å². The van der Waals surface area contributed by atoms with Gasteiger partial charge in [0.2, 0.25) is 10.0 Å². The van der Waals surface area contributed by atoms with E-state index in [-0.39, 0.29) is 17.3 Å². The van der Waals surface area contributed by atoms with Crippen LogP contribution in [-0.2, 0) is 16.6 Å². The summed E-state index contributed by atoms with van der Waals surface area (Å²) in [5, 5.41) is 6.37. The van der Waals surface area contributed by atoms with Crippen LogP contribution in [0.4, 0.5) is 5.82 Å². The Balaban J connectivity index is 2.26. The van der Waals surface area contributed by atoms with E-state index in [1.165, 1.54) is 18.5 Å². The number of hydrogen-bond acceptors (Lipinski definition) is 6. The van der Waals surface area contributed by atoms with Gasteiger partial charge >= 0.3 is 0 Å². The highest BCUT2D eigenvalue weighted by atomic mass is 79.9. The van der Waals surface area contributed by atoms with Gasteiger partial charge in [-0.15, -0.1) is 0 Å². The van der Waals surface area contributed by atoms with Gasteiger partial charge in [0.25, 0.3) is 0 Å². The molecule has 0 radical (unpaired) electrons. The maximum Gasteiger partial charge on any atom is 0.244 e. The maximum absolute atomic E-state index is 12.2. The van der Waals surface area contributed by atoms with Crippen LogP contribution in [0.25, 0.3) is 0 Å². The molecular weight excluding hydrogens is 336 g/mol. The van der Waals surface area contributed by atoms with Gasteiger partial charge in [-0.05, 0) is 22.0 Å². The molecule has 0 fully saturated rings. The van der Waals surface area contributed by atoms with Gasteiger partial charge in [-0.2, -0.15) is 0 Å². The lowest BCUT2D eigenvalue weighted by molar-refractivity contribution is 0.411. The molecule has 2 rings (SSSR count). The molecule has 2 N–H and O–H groups in total. The Morgan fingerprint density at radius 3 is 2.89 bits per heavy atom. The van der Waals surface area contributed by atoms with E-state index in [9.17, 15) is 8.42 Å². The largest absolute Gasteiger partial charge is 0.372 e. The first kappa shape index (κ1) is 14.0. The van der Waals surface area contributed by atoms with Crippen molar-refractivity contribution >= 4 is 31.8 Å². The van der Waals surface area contributed by atoms with Crippen LogP contribution < -0.4 is 10.0 Å². The number of pyridine rings is 1. The number of hydrogen-bond donors (Lipinski definition) is 2. The van der Waals surface area contributed by atoms with Gasteiger partial charge < -0.3 is 9.84 Å². The Hall–Kier alpha value is -1.45. The van der Waals surface area contributed by atoms with E-state index in [0.717, 1.165) is 0 Å². The number of aromatic nitrogens is 2. The molecule has 9 heteroatoms. The molecule has 0 saturated heterocycles. The maximum atomic E-state index is 12.2. The second-order valence-electron chi connectivity index (χ2n) is 3.57. The lowest BCUT2D eigenvalue weighted by Crippen LogP contribution is -2.24. The van der Waals surface area contributed by atoms with Gasteiger partial charge in [-0.1, -0.05) is 5.16 Å². The summed E-state index contributed by atoms with van der Waals surface area (Å²) in [6.45, 7) is 0.0501. The van der Waals surface area contributed by atoms with Crippen molar-refractivity contribution in [1.29, 1.82) is 0 Å². The Morgan fingerprint density at radius 2 is 2.26 bits per heavy atom. The van der Waals surface area contributed by atoms with Crippen LogP contribution >= 0.6 is 15.9 Å². The van der Waals surface area contributed by atoms with Crippen LogP contribution in [0, 0.1) is 0 Å². The Bertz CT molecular complexity index is 657. The van der Waals surface area contributed by atoms with Gasteiger partial charge in [0.1, 0.15) is 17.0 Å². The molecule has 0 aliphatic carbocycles. The molecule has 0 aromatic carbocycles. The molecule has 19 heavy (non-hydrogen) atoms. The van der Waals surface area contributed by atoms with Crippen molar-refractivity contribution in [3.05, 3.63) is 34.8 Å². The predicted octanol–water partition coefficient (Wildman–Crippen LogP) is 1.35. The van der Waals surface area contributed by atoms with Crippen LogP contribution in [0.5, 0.6) is 0 Å². The zero-order chi connectivity index (χ0) is 13.9. The standard InChI is InChI=1S/C10H11BrN4O3S/c1-12-10-9(4-7(11)5-13-10)19(16,17)14-6-8-2-3-18-15-8/h2-5,14H,6H2,1H3,(H,12,13). The van der Waals surface area contributed by atoms with Crippen molar-refractivity contribution in [2.45, 2.75) is 11.4 Å². The fraction of sp³-hybridized carbons (Fsp3) is 0.200. The average Bonchev–Trinajstić information content (AvgIpc) is 2.89. The number of nitrogens with zero attached hydrogens (tertiary/aromatic N) is 2. The first-order valence-electron chi connectivity index (χ1n) is 5.25. The number of halogens is 1. The third-order valence-corrected chi connectivity index (χ3v) is 4.13. The SMILES string of the molecule is CNc1ncc(Br)cc1S(=O)(=O)NCc1ccon1. The first-order valence-corrected chi connectivity index (χ1v) is 7.53. The fourth-order valence-corrected chi connectivity index (χ4v) is 3.06. The molecule has 0 bridgehead atoms. The summed E-state index contributed by atoms with van der Waals surface area (Å²) in [4.78, 5) is 4.06. The molecule has 0 aliphatic rings. The molecule has 0 aliphatic heterocycles. The quantitative estimate of drug-likeness (QED) is 0.848. The third-order valence-electron chi connectivity index (χ3n) is 2.28. The lowest BCUT2D eigenvalue weighted by atomic mass is 10.4. The van der Waals surface area contributed by atoms with Gasteiger partial charge in [-0.3, -0.25) is 0 Å². The van der Waals surface area contributed by atoms with E-state index in [1.807, 2.05) is 0 Å². The Kier molecular flexibility index (Phi) is 4.17. The van der Waals surface area contributed by atoms with Crippen LogP contribution in [-0.4, -0.2) is 25.6 Å². The molecule has 0 atom stereocenters. The van der Waals surface area contributed by atoms with Crippen molar-refractivity contribution in [2.75, 3.05) is 12.4 Å². The molecule has 102 valence electrons. The van der Waals surface area contributed by atoms with E-state index in [0.29, 0.717) is 10.2 Å². The summed E-state index contributed by atoms with van der Waals surface area (Å²) in [6, 6.07) is 3.06. The zero-order valence-corrected chi connectivity index (χ0v) is 12.3. The first-order chi connectivity index (χ1) is 9.03. The van der Waals surface area contributed by atoms with Crippen LogP contribution in [0.2, 0.25) is 0 Å². The molecule has 2 heterocycles. The highest BCUT2D eigenvalue weighted by molar-refractivity contribution is 9.10. The molecule has 7 nitrogen and oxygen atoms in total. The monoisotopic (exact) mass is 346 g/mol. The van der Waals surface area contributed by atoms with Gasteiger partial charge in [-0.25, -0.2) is 18.1 Å². The van der Waals surface area contributed by atoms with Crippen molar-refractivity contribution in [3.63, 3.8) is 0 Å². The second kappa shape index (κ2) is 5.68. The molecule has 0 amide bonds. The van der Waals surface area contributed by atoms with Crippen LogP contribution in [0.3, 0.4) is 0 Å². The molecule has 0 saturated carbocycles. The third kappa shape index (κ3) is 3.31. The number of rotatable bonds is 5. The van der Waals surface area contributed by atoms with Crippen molar-refractivity contribution in [1.82, 2.24) is 14.9 Å². The van der Waals surface area contributed by atoms with Gasteiger partial charge in [0.05, 0.1) is 12.2 Å². The van der Waals surface area contributed by atoms with Crippen LogP contribution in [0.1, 0.15) is 5.69 Å². The Labute approximate surface area is 118 Å². The number of anilines is 1. The van der Waals surface area contributed by atoms with Crippen molar-refractivity contribution < 1.29 is 12.9 Å². The van der Waals surface area contributed by atoms with Crippen molar-refractivity contribution in [3.8, 4) is 0 Å². The topological polar surface area (TPSA) is 97.1 Å². The summed E-state index contributed by atoms with van der Waals surface area (Å²) in [5.74, 6) is 0.274. The number of sulfonamides is 1. The lowest BCUT2D eigenvalue weighted by Gasteiger charge is -2.09. The van der Waals surface area contributed by atoms with Gasteiger partial charge in [0, 0.05) is 23.8 Å². The molecule has 2 aromatic rings. The fourth-order valence-electron chi connectivity index (χ4n) is 1.39. The minimum Gasteiger partial charge on any atom is -0.372 e. The normalized spacial score (nSPS) is 11.5. The summed E-state index contributed by atoms with van der Waals surface area (Å²) >= 11 is 3.20. The highest BCUT2D eigenvalue weighted by Gasteiger charge is 2.20. The van der Waals surface area contributed by atoms with Crippen molar-refractivity contribution in [2.24, 2.45) is 0 Å². The predicted molar refractivity (Wildman–Crippen MR) is 72.0 cm³/mol. The Morgan fingerprint density at radius 1 is 1.47 bits per heavy atom. The smallest absolute Gasteiger partial charge is 0.244 e. The summed E-state index contributed by atoms with van der Waals surface area (Å²) in [6.07, 6.45) is 2.89. The van der Waals surface area contributed by atoms with Gasteiger partial charge in [0.15, 0.2) is 0 Å².